The summed E-state index contributed by atoms with van der Waals surface area (Å²) >= 11 is 0. The molecule has 0 fully saturated rings. The molecule has 0 unspecified atom stereocenters. The van der Waals surface area contributed by atoms with Gasteiger partial charge >= 0.3 is 6.18 Å². The Kier molecular flexibility index (Phi) is 3.08. The standard InChI is InChI=1S/C11H13F3O2/c1-10(2,3)16-9-5-4-7(15)6-8(9)11(12,13)14/h4-6,15H,1-3H3. The molecule has 0 heterocycles. The summed E-state index contributed by atoms with van der Waals surface area (Å²) in [5.74, 6) is -0.716. The minimum absolute atomic E-state index is 0.280. The van der Waals surface area contributed by atoms with Crippen LogP contribution in [0.5, 0.6) is 11.5 Å². The van der Waals surface area contributed by atoms with Crippen LogP contribution in [0, 0.1) is 0 Å². The average molecular weight is 234 g/mol. The number of hydrogen-bond acceptors (Lipinski definition) is 2. The van der Waals surface area contributed by atoms with Gasteiger partial charge in [0.05, 0.1) is 0 Å². The van der Waals surface area contributed by atoms with Crippen LogP contribution in [0.4, 0.5) is 13.2 Å². The maximum atomic E-state index is 12.6. The molecule has 0 amide bonds. The molecule has 0 aliphatic rings. The molecule has 0 saturated carbocycles. The van der Waals surface area contributed by atoms with Gasteiger partial charge in [0, 0.05) is 0 Å². The Labute approximate surface area is 91.7 Å². The summed E-state index contributed by atoms with van der Waals surface area (Å²) in [4.78, 5) is 0. The van der Waals surface area contributed by atoms with Crippen molar-refractivity contribution in [2.45, 2.75) is 32.5 Å². The van der Waals surface area contributed by atoms with Gasteiger partial charge < -0.3 is 9.84 Å². The molecule has 5 heteroatoms. The molecule has 0 saturated heterocycles. The fourth-order valence-corrected chi connectivity index (χ4v) is 1.16. The summed E-state index contributed by atoms with van der Waals surface area (Å²) in [6, 6.07) is 2.93. The third-order valence-electron chi connectivity index (χ3n) is 1.68. The van der Waals surface area contributed by atoms with E-state index in [9.17, 15) is 13.2 Å². The summed E-state index contributed by atoms with van der Waals surface area (Å²) in [7, 11) is 0. The fourth-order valence-electron chi connectivity index (χ4n) is 1.16. The van der Waals surface area contributed by atoms with Crippen LogP contribution in [0.25, 0.3) is 0 Å². The van der Waals surface area contributed by atoms with Gasteiger partial charge in [-0.3, -0.25) is 0 Å². The third kappa shape index (κ3) is 3.32. The molecule has 0 bridgehead atoms. The van der Waals surface area contributed by atoms with E-state index in [4.69, 9.17) is 9.84 Å². The molecule has 1 aromatic carbocycles. The molecule has 1 N–H and O–H groups in total. The quantitative estimate of drug-likeness (QED) is 0.804. The van der Waals surface area contributed by atoms with Crippen LogP contribution in [0.3, 0.4) is 0 Å². The maximum absolute atomic E-state index is 12.6. The first-order valence-electron chi connectivity index (χ1n) is 4.69. The normalized spacial score (nSPS) is 12.6. The number of rotatable bonds is 1. The number of hydrogen-bond donors (Lipinski definition) is 1. The van der Waals surface area contributed by atoms with Crippen LogP contribution < -0.4 is 4.74 Å². The Morgan fingerprint density at radius 1 is 1.12 bits per heavy atom. The number of aromatic hydroxyl groups is 1. The van der Waals surface area contributed by atoms with Crippen molar-refractivity contribution in [3.05, 3.63) is 23.8 Å². The lowest BCUT2D eigenvalue weighted by molar-refractivity contribution is -0.139. The number of alkyl halides is 3. The highest BCUT2D eigenvalue weighted by atomic mass is 19.4. The van der Waals surface area contributed by atoms with Crippen LogP contribution in [-0.4, -0.2) is 10.7 Å². The Hall–Kier alpha value is -1.39. The van der Waals surface area contributed by atoms with Gasteiger partial charge in [-0.2, -0.15) is 13.2 Å². The summed E-state index contributed by atoms with van der Waals surface area (Å²) in [5.41, 5.74) is -1.70. The zero-order chi connectivity index (χ0) is 12.6. The second-order valence-electron chi connectivity index (χ2n) is 4.39. The van der Waals surface area contributed by atoms with Crippen molar-refractivity contribution in [3.8, 4) is 11.5 Å². The number of phenolic OH excluding ortho intramolecular Hbond substituents is 1. The first-order valence-corrected chi connectivity index (χ1v) is 4.69. The zero-order valence-corrected chi connectivity index (χ0v) is 9.22. The van der Waals surface area contributed by atoms with Crippen molar-refractivity contribution in [2.75, 3.05) is 0 Å². The molecule has 0 radical (unpaired) electrons. The number of halogens is 3. The van der Waals surface area contributed by atoms with Crippen molar-refractivity contribution in [3.63, 3.8) is 0 Å². The highest BCUT2D eigenvalue weighted by molar-refractivity contribution is 5.41. The van der Waals surface area contributed by atoms with Gasteiger partial charge in [-0.25, -0.2) is 0 Å². The van der Waals surface area contributed by atoms with Crippen molar-refractivity contribution >= 4 is 0 Å². The van der Waals surface area contributed by atoms with Gasteiger partial charge in [-0.1, -0.05) is 0 Å². The molecule has 0 aliphatic carbocycles. The van der Waals surface area contributed by atoms with Crippen molar-refractivity contribution in [1.82, 2.24) is 0 Å². The summed E-state index contributed by atoms with van der Waals surface area (Å²) in [6.07, 6.45) is -4.54. The molecule has 16 heavy (non-hydrogen) atoms. The van der Waals surface area contributed by atoms with Crippen LogP contribution in [0.15, 0.2) is 18.2 Å². The van der Waals surface area contributed by atoms with E-state index < -0.39 is 23.1 Å². The van der Waals surface area contributed by atoms with Crippen molar-refractivity contribution in [2.24, 2.45) is 0 Å². The first kappa shape index (κ1) is 12.7. The lowest BCUT2D eigenvalue weighted by atomic mass is 10.1. The minimum Gasteiger partial charge on any atom is -0.508 e. The Morgan fingerprint density at radius 2 is 1.69 bits per heavy atom. The van der Waals surface area contributed by atoms with Crippen LogP contribution in [0.1, 0.15) is 26.3 Å². The summed E-state index contributed by atoms with van der Waals surface area (Å²) in [6.45, 7) is 4.96. The highest BCUT2D eigenvalue weighted by Gasteiger charge is 2.35. The lowest BCUT2D eigenvalue weighted by Crippen LogP contribution is -2.24. The van der Waals surface area contributed by atoms with E-state index in [1.807, 2.05) is 0 Å². The van der Waals surface area contributed by atoms with Gasteiger partial charge in [0.2, 0.25) is 0 Å². The van der Waals surface area contributed by atoms with Gasteiger partial charge in [0.15, 0.2) is 0 Å². The topological polar surface area (TPSA) is 29.5 Å². The van der Waals surface area contributed by atoms with Crippen LogP contribution >= 0.6 is 0 Å². The van der Waals surface area contributed by atoms with E-state index in [2.05, 4.69) is 0 Å². The van der Waals surface area contributed by atoms with Crippen LogP contribution in [0.2, 0.25) is 0 Å². The number of ether oxygens (including phenoxy) is 1. The van der Waals surface area contributed by atoms with E-state index in [0.717, 1.165) is 12.1 Å². The minimum atomic E-state index is -4.54. The summed E-state index contributed by atoms with van der Waals surface area (Å²) in [5, 5.41) is 9.04. The molecule has 2 nitrogen and oxygen atoms in total. The van der Waals surface area contributed by atoms with E-state index in [0.29, 0.717) is 6.07 Å². The SMILES string of the molecule is CC(C)(C)Oc1ccc(O)cc1C(F)(F)F. The fraction of sp³-hybridized carbons (Fsp3) is 0.455. The molecule has 0 spiro atoms. The highest BCUT2D eigenvalue weighted by Crippen LogP contribution is 2.39. The molecular formula is C11H13F3O2. The van der Waals surface area contributed by atoms with E-state index >= 15 is 0 Å². The van der Waals surface area contributed by atoms with Crippen molar-refractivity contribution in [1.29, 1.82) is 0 Å². The summed E-state index contributed by atoms with van der Waals surface area (Å²) < 4.78 is 43.0. The number of phenols is 1. The zero-order valence-electron chi connectivity index (χ0n) is 9.22. The Bertz CT molecular complexity index is 378. The molecule has 1 aromatic rings. The van der Waals surface area contributed by atoms with E-state index in [1.54, 1.807) is 20.8 Å². The molecule has 1 rings (SSSR count). The van der Waals surface area contributed by atoms with E-state index in [1.165, 1.54) is 0 Å². The number of benzene rings is 1. The molecule has 90 valence electrons. The molecule has 0 aliphatic heterocycles. The second-order valence-corrected chi connectivity index (χ2v) is 4.39. The second kappa shape index (κ2) is 3.88. The van der Waals surface area contributed by atoms with Gasteiger partial charge in [0.25, 0.3) is 0 Å². The van der Waals surface area contributed by atoms with Crippen LogP contribution in [-0.2, 0) is 6.18 Å². The monoisotopic (exact) mass is 234 g/mol. The van der Waals surface area contributed by atoms with Crippen molar-refractivity contribution < 1.29 is 23.0 Å². The largest absolute Gasteiger partial charge is 0.508 e. The Morgan fingerprint density at radius 3 is 2.12 bits per heavy atom. The van der Waals surface area contributed by atoms with E-state index in [-0.39, 0.29) is 5.75 Å². The van der Waals surface area contributed by atoms with Gasteiger partial charge in [-0.05, 0) is 39.0 Å². The predicted molar refractivity (Wildman–Crippen MR) is 53.5 cm³/mol. The maximum Gasteiger partial charge on any atom is 0.420 e. The predicted octanol–water partition coefficient (Wildman–Crippen LogP) is 3.59. The molecule has 0 atom stereocenters. The molecule has 0 aromatic heterocycles. The van der Waals surface area contributed by atoms with Gasteiger partial charge in [0.1, 0.15) is 22.7 Å². The molecular weight excluding hydrogens is 221 g/mol. The average Bonchev–Trinajstić information content (AvgIpc) is 2.04. The third-order valence-corrected chi connectivity index (χ3v) is 1.68. The smallest absolute Gasteiger partial charge is 0.420 e. The first-order chi connectivity index (χ1) is 7.09. The van der Waals surface area contributed by atoms with Gasteiger partial charge in [-0.15, -0.1) is 0 Å². The lowest BCUT2D eigenvalue weighted by Gasteiger charge is -2.24. The Balaban J connectivity index is 3.19.